The predicted octanol–water partition coefficient (Wildman–Crippen LogP) is 5.10. The first kappa shape index (κ1) is 35.9. The summed E-state index contributed by atoms with van der Waals surface area (Å²) >= 11 is 0. The molecule has 0 atom stereocenters. The number of fused-ring (bicyclic) bond motifs is 1. The van der Waals surface area contributed by atoms with Crippen LogP contribution in [-0.4, -0.2) is 59.1 Å². The van der Waals surface area contributed by atoms with Gasteiger partial charge < -0.3 is 14.8 Å². The van der Waals surface area contributed by atoms with Crippen molar-refractivity contribution < 1.29 is 26.3 Å². The van der Waals surface area contributed by atoms with Crippen LogP contribution in [-0.2, 0) is 20.0 Å². The zero-order valence-electron chi connectivity index (χ0n) is 28.5. The molecule has 0 bridgehead atoms. The van der Waals surface area contributed by atoms with Crippen molar-refractivity contribution in [1.82, 2.24) is 19.4 Å². The van der Waals surface area contributed by atoms with E-state index >= 15 is 0 Å². The fraction of sp³-hybridized carbons (Fsp3) is 0.143. The van der Waals surface area contributed by atoms with Crippen LogP contribution in [0.25, 0.3) is 11.1 Å². The summed E-state index contributed by atoms with van der Waals surface area (Å²) in [6.07, 6.45) is 0. The van der Waals surface area contributed by atoms with Crippen LogP contribution in [0.4, 0.5) is 23.3 Å². The highest BCUT2D eigenvalue weighted by Crippen LogP contribution is 2.41. The maximum atomic E-state index is 12.2. The average Bonchev–Trinajstić information content (AvgIpc) is 3.64. The molecule has 0 amide bonds. The molecule has 4 aromatic carbocycles. The molecular weight excluding hydrogens is 707 g/mol. The van der Waals surface area contributed by atoms with Gasteiger partial charge in [-0.1, -0.05) is 48.5 Å². The van der Waals surface area contributed by atoms with Crippen molar-refractivity contribution in [3.63, 3.8) is 0 Å². The molecule has 52 heavy (non-hydrogen) atoms. The lowest BCUT2D eigenvalue weighted by molar-refractivity contribution is 0.174. The molecule has 0 spiro atoms. The third-order valence-corrected chi connectivity index (χ3v) is 10.8. The Kier molecular flexibility index (Phi) is 10.5. The topological polar surface area (TPSA) is 197 Å². The highest BCUT2D eigenvalue weighted by Gasteiger charge is 2.22. The third-order valence-electron chi connectivity index (χ3n) is 7.96. The lowest BCUT2D eigenvalue weighted by atomic mass is 10.1. The quantitative estimate of drug-likeness (QED) is 0.0795. The van der Waals surface area contributed by atoms with Gasteiger partial charge >= 0.3 is 0 Å². The van der Waals surface area contributed by atoms with Gasteiger partial charge in [-0.2, -0.15) is 20.2 Å². The highest BCUT2D eigenvalue weighted by atomic mass is 32.2. The minimum absolute atomic E-state index is 0.0846. The molecule has 6 rings (SSSR count). The number of hydrogen-bond donors (Lipinski definition) is 5. The normalized spacial score (nSPS) is 13.2. The van der Waals surface area contributed by atoms with Crippen molar-refractivity contribution in [1.29, 1.82) is 0 Å². The van der Waals surface area contributed by atoms with Crippen molar-refractivity contribution in [2.75, 3.05) is 37.1 Å². The van der Waals surface area contributed by atoms with E-state index in [1.54, 1.807) is 50.2 Å². The van der Waals surface area contributed by atoms with Crippen LogP contribution in [0.1, 0.15) is 25.0 Å². The Morgan fingerprint density at radius 1 is 0.654 bits per heavy atom. The summed E-state index contributed by atoms with van der Waals surface area (Å²) in [7, 11) is -4.50. The van der Waals surface area contributed by atoms with Crippen molar-refractivity contribution in [3.05, 3.63) is 108 Å². The summed E-state index contributed by atoms with van der Waals surface area (Å²) in [6, 6.07) is 27.5. The molecule has 15 nitrogen and oxygen atoms in total. The van der Waals surface area contributed by atoms with E-state index in [0.29, 0.717) is 56.8 Å². The third kappa shape index (κ3) is 8.02. The van der Waals surface area contributed by atoms with E-state index in [9.17, 15) is 16.8 Å². The van der Waals surface area contributed by atoms with Crippen LogP contribution < -0.4 is 35.1 Å². The monoisotopic (exact) mass is 741 g/mol. The van der Waals surface area contributed by atoms with Gasteiger partial charge in [0.25, 0.3) is 0 Å². The molecule has 1 aromatic heterocycles. The Morgan fingerprint density at radius 3 is 1.65 bits per heavy atom. The van der Waals surface area contributed by atoms with Gasteiger partial charge in [0.2, 0.25) is 32.8 Å². The van der Waals surface area contributed by atoms with E-state index in [1.807, 2.05) is 36.4 Å². The van der Waals surface area contributed by atoms with Crippen LogP contribution in [0.3, 0.4) is 0 Å². The first-order chi connectivity index (χ1) is 25.0. The molecule has 268 valence electrons. The number of nitrogens with one attached hydrogen (secondary N) is 5. The van der Waals surface area contributed by atoms with E-state index in [2.05, 4.69) is 35.8 Å². The second-order valence-corrected chi connectivity index (χ2v) is 15.0. The molecular formula is C35H35N9O6S2. The highest BCUT2D eigenvalue weighted by molar-refractivity contribution is 7.89. The Hall–Kier alpha value is -5.88. The molecule has 1 aliphatic rings. The number of aromatic nitrogens is 2. The lowest BCUT2D eigenvalue weighted by Crippen LogP contribution is -2.18. The summed E-state index contributed by atoms with van der Waals surface area (Å²) < 4.78 is 64.8. The Morgan fingerprint density at radius 2 is 1.15 bits per heavy atom. The van der Waals surface area contributed by atoms with Gasteiger partial charge in [0, 0.05) is 5.69 Å². The summed E-state index contributed by atoms with van der Waals surface area (Å²) in [5.41, 5.74) is 10.5. The second kappa shape index (κ2) is 15.2. The number of hydrazone groups is 2. The fourth-order valence-electron chi connectivity index (χ4n) is 5.04. The van der Waals surface area contributed by atoms with Crippen molar-refractivity contribution >= 4 is 54.7 Å². The first-order valence-corrected chi connectivity index (χ1v) is 18.8. The number of ether oxygens (including phenoxy) is 2. The molecule has 0 unspecified atom stereocenters. The summed E-state index contributed by atoms with van der Waals surface area (Å²) in [5, 5.41) is 12.5. The molecule has 0 fully saturated rings. The van der Waals surface area contributed by atoms with Crippen molar-refractivity contribution in [2.45, 2.75) is 23.6 Å². The number of hydrogen-bond acceptors (Lipinski definition) is 13. The van der Waals surface area contributed by atoms with Gasteiger partial charge in [-0.25, -0.2) is 26.3 Å². The van der Waals surface area contributed by atoms with Gasteiger partial charge in [0.15, 0.2) is 23.1 Å². The number of rotatable bonds is 13. The largest absolute Gasteiger partial charge is 0.454 e. The van der Waals surface area contributed by atoms with Gasteiger partial charge in [-0.05, 0) is 93.2 Å². The van der Waals surface area contributed by atoms with E-state index in [4.69, 9.17) is 19.4 Å². The van der Waals surface area contributed by atoms with Crippen molar-refractivity contribution in [2.24, 2.45) is 10.2 Å². The molecule has 0 radical (unpaired) electrons. The summed E-state index contributed by atoms with van der Waals surface area (Å²) in [6.45, 7) is 3.64. The molecule has 0 saturated carbocycles. The second-order valence-electron chi connectivity index (χ2n) is 11.3. The minimum Gasteiger partial charge on any atom is -0.454 e. The molecule has 1 aliphatic heterocycles. The summed E-state index contributed by atoms with van der Waals surface area (Å²) in [4.78, 5) is 9.85. The fourth-order valence-corrected chi connectivity index (χ4v) is 6.50. The maximum absolute atomic E-state index is 12.2. The zero-order chi connectivity index (χ0) is 36.9. The van der Waals surface area contributed by atoms with E-state index in [-0.39, 0.29) is 22.5 Å². The lowest BCUT2D eigenvalue weighted by Gasteiger charge is -2.16. The van der Waals surface area contributed by atoms with Gasteiger partial charge in [0.05, 0.1) is 26.8 Å². The maximum Gasteiger partial charge on any atom is 0.240 e. The van der Waals surface area contributed by atoms with Gasteiger partial charge in [-0.3, -0.25) is 10.9 Å². The zero-order valence-corrected chi connectivity index (χ0v) is 30.1. The molecule has 0 aliphatic carbocycles. The van der Waals surface area contributed by atoms with E-state index < -0.39 is 20.0 Å². The van der Waals surface area contributed by atoms with Crippen LogP contribution in [0, 0.1) is 0 Å². The van der Waals surface area contributed by atoms with Crippen LogP contribution in [0.2, 0.25) is 0 Å². The predicted molar refractivity (Wildman–Crippen MR) is 200 cm³/mol. The minimum atomic E-state index is -3.60. The number of benzene rings is 4. The van der Waals surface area contributed by atoms with Gasteiger partial charge in [0.1, 0.15) is 0 Å². The molecule has 5 N–H and O–H groups in total. The Bertz CT molecular complexity index is 2250. The molecule has 2 heterocycles. The Balaban J connectivity index is 1.43. The number of anilines is 4. The smallest absolute Gasteiger partial charge is 0.240 e. The molecule has 5 aromatic rings. The van der Waals surface area contributed by atoms with Crippen LogP contribution >= 0.6 is 0 Å². The number of para-hydroxylation sites is 1. The van der Waals surface area contributed by atoms with Gasteiger partial charge in [-0.15, -0.1) is 0 Å². The van der Waals surface area contributed by atoms with Crippen LogP contribution in [0.15, 0.2) is 117 Å². The van der Waals surface area contributed by atoms with Crippen LogP contribution in [0.5, 0.6) is 11.5 Å². The number of sulfonamides is 2. The van der Waals surface area contributed by atoms with E-state index in [0.717, 1.165) is 5.69 Å². The molecule has 17 heteroatoms. The average molecular weight is 742 g/mol. The first-order valence-electron chi connectivity index (χ1n) is 15.8. The Labute approximate surface area is 301 Å². The summed E-state index contributed by atoms with van der Waals surface area (Å²) in [5.74, 6) is 1.96. The number of nitrogens with zero attached hydrogens (tertiary/aromatic N) is 4. The standard InChI is InChI=1S/C35H35N9O6S2/c1-22(24-10-15-28(16-11-24)51(45,46)36-3)41-43-33-32(26-14-19-30-31(20-26)50-21-49-30)34(40-35(39-33)38-27-8-6-5-7-9-27)44-42-23(2)25-12-17-29(18-13-25)52(47,48)37-4/h5-20,36-37H,21H2,1-4H3,(H3,38,39,40,43,44). The SMILES string of the molecule is CNS(=O)(=O)c1ccc(C(C)=NNc2nc(Nc3ccccc3)nc(NN=C(C)c3ccc(S(=O)(=O)NC)cc3)c2-c2ccc3c(c2)OCO3)cc1. The van der Waals surface area contributed by atoms with Crippen molar-refractivity contribution in [3.8, 4) is 22.6 Å². The molecule has 0 saturated heterocycles. The van der Waals surface area contributed by atoms with E-state index in [1.165, 1.54) is 38.4 Å².